The first-order chi connectivity index (χ1) is 7.00. The van der Waals surface area contributed by atoms with Gasteiger partial charge in [-0.3, -0.25) is 0 Å². The van der Waals surface area contributed by atoms with Crippen LogP contribution in [0.4, 0.5) is 5.69 Å². The largest absolute Gasteiger partial charge is 0.388 e. The lowest BCUT2D eigenvalue weighted by Crippen LogP contribution is -2.09. The van der Waals surface area contributed by atoms with Crippen molar-refractivity contribution in [1.29, 1.82) is 0 Å². The van der Waals surface area contributed by atoms with Gasteiger partial charge in [0.25, 0.3) is 0 Å². The second-order valence-corrected chi connectivity index (χ2v) is 4.63. The van der Waals surface area contributed by atoms with Crippen molar-refractivity contribution in [2.24, 2.45) is 5.92 Å². The maximum atomic E-state index is 9.91. The van der Waals surface area contributed by atoms with E-state index in [0.29, 0.717) is 5.92 Å². The number of aliphatic hydroxyl groups excluding tert-OH is 1. The minimum Gasteiger partial charge on any atom is -0.388 e. The molecule has 0 aliphatic heterocycles. The molecule has 0 aliphatic carbocycles. The van der Waals surface area contributed by atoms with E-state index in [0.717, 1.165) is 17.7 Å². The third-order valence-electron chi connectivity index (χ3n) is 2.49. The molecule has 0 bridgehead atoms. The number of benzene rings is 1. The molecular weight excluding hydrogens is 186 g/mol. The molecule has 1 unspecified atom stereocenters. The molecule has 0 aromatic heterocycles. The lowest BCUT2D eigenvalue weighted by molar-refractivity contribution is 0.151. The molecule has 0 saturated carbocycles. The minimum absolute atomic E-state index is 0.332. The van der Waals surface area contributed by atoms with Gasteiger partial charge in [-0.2, -0.15) is 0 Å². The highest BCUT2D eigenvalue weighted by atomic mass is 16.3. The van der Waals surface area contributed by atoms with Crippen molar-refractivity contribution in [3.05, 3.63) is 29.8 Å². The summed E-state index contributed by atoms with van der Waals surface area (Å²) in [5, 5.41) is 9.91. The van der Waals surface area contributed by atoms with Crippen LogP contribution in [0, 0.1) is 5.92 Å². The summed E-state index contributed by atoms with van der Waals surface area (Å²) in [6.07, 6.45) is 0.489. The fourth-order valence-electron chi connectivity index (χ4n) is 1.58. The first-order valence-electron chi connectivity index (χ1n) is 5.46. The Hall–Kier alpha value is -1.02. The van der Waals surface area contributed by atoms with E-state index >= 15 is 0 Å². The predicted octanol–water partition coefficient (Wildman–Crippen LogP) is 2.83. The Morgan fingerprint density at radius 3 is 2.07 bits per heavy atom. The van der Waals surface area contributed by atoms with Crippen molar-refractivity contribution in [2.75, 3.05) is 19.0 Å². The maximum Gasteiger partial charge on any atom is 0.0792 e. The molecule has 0 radical (unpaired) electrons. The summed E-state index contributed by atoms with van der Waals surface area (Å²) in [5.41, 5.74) is 2.17. The van der Waals surface area contributed by atoms with Crippen molar-refractivity contribution >= 4 is 5.69 Å². The molecule has 2 nitrogen and oxygen atoms in total. The molecule has 2 heteroatoms. The molecule has 1 aromatic rings. The summed E-state index contributed by atoms with van der Waals surface area (Å²) in [6, 6.07) is 8.09. The van der Waals surface area contributed by atoms with E-state index in [-0.39, 0.29) is 6.10 Å². The maximum absolute atomic E-state index is 9.91. The Bertz CT molecular complexity index is 290. The number of aliphatic hydroxyl groups is 1. The van der Waals surface area contributed by atoms with Crippen LogP contribution in [0.2, 0.25) is 0 Å². The first-order valence-corrected chi connectivity index (χ1v) is 5.46. The van der Waals surface area contributed by atoms with Gasteiger partial charge in [0, 0.05) is 19.8 Å². The molecule has 1 rings (SSSR count). The highest BCUT2D eigenvalue weighted by molar-refractivity contribution is 5.46. The van der Waals surface area contributed by atoms with E-state index in [4.69, 9.17) is 0 Å². The second-order valence-electron chi connectivity index (χ2n) is 4.63. The Morgan fingerprint density at radius 2 is 1.67 bits per heavy atom. The third kappa shape index (κ3) is 3.56. The molecule has 0 amide bonds. The van der Waals surface area contributed by atoms with E-state index in [1.54, 1.807) is 0 Å². The molecule has 0 spiro atoms. The smallest absolute Gasteiger partial charge is 0.0792 e. The second kappa shape index (κ2) is 5.17. The van der Waals surface area contributed by atoms with Gasteiger partial charge in [0.15, 0.2) is 0 Å². The summed E-state index contributed by atoms with van der Waals surface area (Å²) in [7, 11) is 4.03. The molecule has 1 N–H and O–H groups in total. The zero-order valence-corrected chi connectivity index (χ0v) is 10.1. The Kier molecular flexibility index (Phi) is 4.15. The van der Waals surface area contributed by atoms with E-state index < -0.39 is 0 Å². The quantitative estimate of drug-likeness (QED) is 0.820. The van der Waals surface area contributed by atoms with Crippen molar-refractivity contribution in [1.82, 2.24) is 0 Å². The van der Waals surface area contributed by atoms with Gasteiger partial charge in [0.05, 0.1) is 6.10 Å². The lowest BCUT2D eigenvalue weighted by atomic mass is 9.99. The fourth-order valence-corrected chi connectivity index (χ4v) is 1.58. The molecule has 84 valence electrons. The lowest BCUT2D eigenvalue weighted by Gasteiger charge is -2.16. The van der Waals surface area contributed by atoms with E-state index in [9.17, 15) is 5.11 Å². The van der Waals surface area contributed by atoms with Crippen molar-refractivity contribution in [3.63, 3.8) is 0 Å². The average Bonchev–Trinajstić information content (AvgIpc) is 2.17. The number of hydrogen-bond acceptors (Lipinski definition) is 2. The normalized spacial score (nSPS) is 12.9. The number of nitrogens with zero attached hydrogens (tertiary/aromatic N) is 1. The van der Waals surface area contributed by atoms with Crippen molar-refractivity contribution in [2.45, 2.75) is 26.4 Å². The van der Waals surface area contributed by atoms with Gasteiger partial charge in [-0.25, -0.2) is 0 Å². The van der Waals surface area contributed by atoms with Gasteiger partial charge in [0.1, 0.15) is 0 Å². The van der Waals surface area contributed by atoms with Crippen LogP contribution < -0.4 is 4.90 Å². The van der Waals surface area contributed by atoms with Crippen molar-refractivity contribution < 1.29 is 5.11 Å². The van der Waals surface area contributed by atoms with E-state index in [1.807, 2.05) is 38.4 Å². The average molecular weight is 207 g/mol. The SMILES string of the molecule is CC(C)CC(O)c1ccc(N(C)C)cc1. The summed E-state index contributed by atoms with van der Waals surface area (Å²) in [6.45, 7) is 4.24. The highest BCUT2D eigenvalue weighted by Crippen LogP contribution is 2.22. The molecule has 0 saturated heterocycles. The number of anilines is 1. The monoisotopic (exact) mass is 207 g/mol. The van der Waals surface area contributed by atoms with Crippen LogP contribution in [-0.4, -0.2) is 19.2 Å². The molecule has 1 aromatic carbocycles. The molecule has 15 heavy (non-hydrogen) atoms. The van der Waals surface area contributed by atoms with Crippen LogP contribution in [0.15, 0.2) is 24.3 Å². The minimum atomic E-state index is -0.332. The van der Waals surface area contributed by atoms with Crippen LogP contribution in [-0.2, 0) is 0 Å². The van der Waals surface area contributed by atoms with Crippen LogP contribution in [0.1, 0.15) is 31.9 Å². The van der Waals surface area contributed by atoms with Crippen LogP contribution in [0.25, 0.3) is 0 Å². The van der Waals surface area contributed by atoms with E-state index in [1.165, 1.54) is 0 Å². The Morgan fingerprint density at radius 1 is 1.13 bits per heavy atom. The van der Waals surface area contributed by atoms with Gasteiger partial charge < -0.3 is 10.0 Å². The molecule has 0 heterocycles. The fraction of sp³-hybridized carbons (Fsp3) is 0.538. The van der Waals surface area contributed by atoms with Gasteiger partial charge in [0.2, 0.25) is 0 Å². The summed E-state index contributed by atoms with van der Waals surface area (Å²) in [5.74, 6) is 0.522. The van der Waals surface area contributed by atoms with Crippen LogP contribution in [0.3, 0.4) is 0 Å². The Labute approximate surface area is 92.5 Å². The molecule has 0 fully saturated rings. The molecule has 0 aliphatic rings. The first kappa shape index (κ1) is 12.1. The zero-order valence-electron chi connectivity index (χ0n) is 10.1. The van der Waals surface area contributed by atoms with Crippen LogP contribution in [0.5, 0.6) is 0 Å². The summed E-state index contributed by atoms with van der Waals surface area (Å²) >= 11 is 0. The number of hydrogen-bond donors (Lipinski definition) is 1. The Balaban J connectivity index is 2.71. The summed E-state index contributed by atoms with van der Waals surface area (Å²) < 4.78 is 0. The van der Waals surface area contributed by atoms with Crippen LogP contribution >= 0.6 is 0 Å². The number of rotatable bonds is 4. The van der Waals surface area contributed by atoms with Gasteiger partial charge >= 0.3 is 0 Å². The predicted molar refractivity (Wildman–Crippen MR) is 65.2 cm³/mol. The van der Waals surface area contributed by atoms with Gasteiger partial charge in [-0.1, -0.05) is 26.0 Å². The zero-order chi connectivity index (χ0) is 11.4. The molecular formula is C13H21NO. The van der Waals surface area contributed by atoms with Gasteiger partial charge in [-0.15, -0.1) is 0 Å². The molecule has 1 atom stereocenters. The highest BCUT2D eigenvalue weighted by Gasteiger charge is 2.09. The van der Waals surface area contributed by atoms with Gasteiger partial charge in [-0.05, 0) is 30.0 Å². The van der Waals surface area contributed by atoms with E-state index in [2.05, 4.69) is 18.7 Å². The third-order valence-corrected chi connectivity index (χ3v) is 2.49. The standard InChI is InChI=1S/C13H21NO/c1-10(2)9-13(15)11-5-7-12(8-6-11)14(3)4/h5-8,10,13,15H,9H2,1-4H3. The topological polar surface area (TPSA) is 23.5 Å². The van der Waals surface area contributed by atoms with Crippen molar-refractivity contribution in [3.8, 4) is 0 Å². The summed E-state index contributed by atoms with van der Waals surface area (Å²) in [4.78, 5) is 2.05.